The second-order valence-corrected chi connectivity index (χ2v) is 8.61. The van der Waals surface area contributed by atoms with Gasteiger partial charge in [0.15, 0.2) is 0 Å². The number of ether oxygens (including phenoxy) is 1. The molecule has 1 aromatic carbocycles. The Morgan fingerprint density at radius 2 is 1.90 bits per heavy atom. The first-order valence-electron chi connectivity index (χ1n) is 10.8. The molecule has 1 amide bonds. The van der Waals surface area contributed by atoms with E-state index in [0.717, 1.165) is 24.1 Å². The zero-order valence-electron chi connectivity index (χ0n) is 18.2. The molecule has 162 valence electrons. The van der Waals surface area contributed by atoms with Crippen molar-refractivity contribution >= 4 is 11.7 Å². The number of nitrogens with zero attached hydrogens (tertiary/aromatic N) is 2. The molecule has 2 aromatic rings. The third-order valence-electron chi connectivity index (χ3n) is 5.30. The van der Waals surface area contributed by atoms with Gasteiger partial charge in [-0.2, -0.15) is 0 Å². The highest BCUT2D eigenvalue weighted by molar-refractivity contribution is 5.99. The second kappa shape index (κ2) is 10.0. The molecule has 0 radical (unpaired) electrons. The highest BCUT2D eigenvalue weighted by Crippen LogP contribution is 2.25. The van der Waals surface area contributed by atoms with Crippen LogP contribution in [-0.4, -0.2) is 53.9 Å². The Hall–Kier alpha value is -2.44. The fourth-order valence-corrected chi connectivity index (χ4v) is 3.63. The first kappa shape index (κ1) is 22.2. The molecular formula is C24H33N3O3. The number of pyridine rings is 1. The minimum Gasteiger partial charge on any atom is -0.390 e. The minimum atomic E-state index is -0.676. The standard InChI is InChI=1S/C24H33N3O3/c1-18(8-7-13-24(2,3)29)25-23(28)20-11-12-21(19-9-5-4-6-10-19)26-22(20)27-14-16-30-17-15-27/h4-6,9-12,18,29H,7-8,13-17H2,1-3H3,(H,25,28). The van der Waals surface area contributed by atoms with Crippen LogP contribution in [0.2, 0.25) is 0 Å². The summed E-state index contributed by atoms with van der Waals surface area (Å²) in [6.45, 7) is 8.31. The fourth-order valence-electron chi connectivity index (χ4n) is 3.63. The Kier molecular flexibility index (Phi) is 7.45. The van der Waals surface area contributed by atoms with Crippen molar-refractivity contribution in [3.05, 3.63) is 48.0 Å². The van der Waals surface area contributed by atoms with Crippen LogP contribution in [0.15, 0.2) is 42.5 Å². The lowest BCUT2D eigenvalue weighted by Crippen LogP contribution is -2.39. The molecule has 0 aliphatic carbocycles. The van der Waals surface area contributed by atoms with E-state index in [9.17, 15) is 9.90 Å². The van der Waals surface area contributed by atoms with Crippen LogP contribution >= 0.6 is 0 Å². The van der Waals surface area contributed by atoms with Crippen LogP contribution in [-0.2, 0) is 4.74 Å². The number of anilines is 1. The van der Waals surface area contributed by atoms with E-state index in [1.807, 2.05) is 63.2 Å². The molecule has 2 heterocycles. The molecule has 1 saturated heterocycles. The summed E-state index contributed by atoms with van der Waals surface area (Å²) in [5, 5.41) is 13.0. The Morgan fingerprint density at radius 1 is 1.20 bits per heavy atom. The van der Waals surface area contributed by atoms with Crippen LogP contribution in [0, 0.1) is 0 Å². The molecule has 0 saturated carbocycles. The zero-order valence-corrected chi connectivity index (χ0v) is 18.2. The van der Waals surface area contributed by atoms with Crippen LogP contribution < -0.4 is 10.2 Å². The van der Waals surface area contributed by atoms with Gasteiger partial charge in [-0.05, 0) is 52.2 Å². The summed E-state index contributed by atoms with van der Waals surface area (Å²) in [4.78, 5) is 20.1. The van der Waals surface area contributed by atoms with Crippen LogP contribution in [0.25, 0.3) is 11.3 Å². The second-order valence-electron chi connectivity index (χ2n) is 8.61. The molecule has 6 heteroatoms. The third kappa shape index (κ3) is 6.28. The van der Waals surface area contributed by atoms with Gasteiger partial charge in [-0.15, -0.1) is 0 Å². The number of hydrogen-bond acceptors (Lipinski definition) is 5. The molecule has 1 aliphatic heterocycles. The SMILES string of the molecule is CC(CCCC(C)(C)O)NC(=O)c1ccc(-c2ccccc2)nc1N1CCOCC1. The summed E-state index contributed by atoms with van der Waals surface area (Å²) < 4.78 is 5.48. The smallest absolute Gasteiger partial charge is 0.255 e. The van der Waals surface area contributed by atoms with Crippen molar-refractivity contribution in [1.29, 1.82) is 0 Å². The normalized spacial score (nSPS) is 15.7. The van der Waals surface area contributed by atoms with Gasteiger partial charge in [0.05, 0.1) is 30.1 Å². The molecule has 0 bridgehead atoms. The van der Waals surface area contributed by atoms with E-state index in [4.69, 9.17) is 9.72 Å². The van der Waals surface area contributed by atoms with Gasteiger partial charge < -0.3 is 20.1 Å². The summed E-state index contributed by atoms with van der Waals surface area (Å²) >= 11 is 0. The Labute approximate surface area is 179 Å². The Bertz CT molecular complexity index is 827. The molecule has 6 nitrogen and oxygen atoms in total. The molecular weight excluding hydrogens is 378 g/mol. The number of hydrogen-bond donors (Lipinski definition) is 2. The van der Waals surface area contributed by atoms with Gasteiger partial charge in [0.1, 0.15) is 5.82 Å². The van der Waals surface area contributed by atoms with Gasteiger partial charge in [-0.3, -0.25) is 4.79 Å². The number of morpholine rings is 1. The largest absolute Gasteiger partial charge is 0.390 e. The van der Waals surface area contributed by atoms with Crippen molar-refractivity contribution < 1.29 is 14.6 Å². The number of rotatable bonds is 8. The molecule has 1 aromatic heterocycles. The zero-order chi connectivity index (χ0) is 21.6. The minimum absolute atomic E-state index is 0.0196. The quantitative estimate of drug-likeness (QED) is 0.694. The third-order valence-corrected chi connectivity index (χ3v) is 5.30. The predicted octanol–water partition coefficient (Wildman–Crippen LogP) is 3.64. The molecule has 1 fully saturated rings. The first-order chi connectivity index (χ1) is 14.3. The van der Waals surface area contributed by atoms with Crippen molar-refractivity contribution in [2.45, 2.75) is 51.7 Å². The lowest BCUT2D eigenvalue weighted by atomic mass is 9.99. The van der Waals surface area contributed by atoms with E-state index in [1.54, 1.807) is 0 Å². The maximum atomic E-state index is 13.1. The number of amides is 1. The predicted molar refractivity (Wildman–Crippen MR) is 120 cm³/mol. The Balaban J connectivity index is 1.77. The summed E-state index contributed by atoms with van der Waals surface area (Å²) in [5.41, 5.74) is 1.79. The van der Waals surface area contributed by atoms with Crippen LogP contribution in [0.4, 0.5) is 5.82 Å². The highest BCUT2D eigenvalue weighted by Gasteiger charge is 2.22. The van der Waals surface area contributed by atoms with Crippen molar-refractivity contribution in [1.82, 2.24) is 10.3 Å². The van der Waals surface area contributed by atoms with E-state index in [0.29, 0.717) is 44.1 Å². The number of carbonyl (C=O) groups excluding carboxylic acids is 1. The van der Waals surface area contributed by atoms with E-state index in [-0.39, 0.29) is 11.9 Å². The summed E-state index contributed by atoms with van der Waals surface area (Å²) in [6, 6.07) is 13.8. The maximum Gasteiger partial charge on any atom is 0.255 e. The molecule has 2 N–H and O–H groups in total. The van der Waals surface area contributed by atoms with Gasteiger partial charge in [0, 0.05) is 24.7 Å². The molecule has 1 aliphatic rings. The van der Waals surface area contributed by atoms with Crippen molar-refractivity contribution in [3.8, 4) is 11.3 Å². The van der Waals surface area contributed by atoms with Crippen molar-refractivity contribution in [3.63, 3.8) is 0 Å². The van der Waals surface area contributed by atoms with E-state index >= 15 is 0 Å². The van der Waals surface area contributed by atoms with E-state index in [1.165, 1.54) is 0 Å². The number of nitrogens with one attached hydrogen (secondary N) is 1. The van der Waals surface area contributed by atoms with Crippen molar-refractivity contribution in [2.24, 2.45) is 0 Å². The molecule has 1 atom stereocenters. The fraction of sp³-hybridized carbons (Fsp3) is 0.500. The van der Waals surface area contributed by atoms with Gasteiger partial charge in [-0.1, -0.05) is 30.3 Å². The van der Waals surface area contributed by atoms with Gasteiger partial charge in [0.2, 0.25) is 0 Å². The molecule has 0 spiro atoms. The number of carbonyl (C=O) groups is 1. The monoisotopic (exact) mass is 411 g/mol. The Morgan fingerprint density at radius 3 is 2.57 bits per heavy atom. The number of aliphatic hydroxyl groups is 1. The van der Waals surface area contributed by atoms with Gasteiger partial charge in [0.25, 0.3) is 5.91 Å². The van der Waals surface area contributed by atoms with Crippen molar-refractivity contribution in [2.75, 3.05) is 31.2 Å². The first-order valence-corrected chi connectivity index (χ1v) is 10.8. The summed E-state index contributed by atoms with van der Waals surface area (Å²) in [6.07, 6.45) is 2.38. The molecule has 3 rings (SSSR count). The number of aromatic nitrogens is 1. The lowest BCUT2D eigenvalue weighted by Gasteiger charge is -2.30. The van der Waals surface area contributed by atoms with Gasteiger partial charge >= 0.3 is 0 Å². The number of benzene rings is 1. The van der Waals surface area contributed by atoms with E-state index in [2.05, 4.69) is 10.2 Å². The summed E-state index contributed by atoms with van der Waals surface area (Å²) in [7, 11) is 0. The lowest BCUT2D eigenvalue weighted by molar-refractivity contribution is 0.0674. The molecule has 1 unspecified atom stereocenters. The van der Waals surface area contributed by atoms with Crippen LogP contribution in [0.3, 0.4) is 0 Å². The van der Waals surface area contributed by atoms with Crippen LogP contribution in [0.5, 0.6) is 0 Å². The summed E-state index contributed by atoms with van der Waals surface area (Å²) in [5.74, 6) is 0.597. The average molecular weight is 412 g/mol. The van der Waals surface area contributed by atoms with Crippen LogP contribution in [0.1, 0.15) is 50.4 Å². The average Bonchev–Trinajstić information content (AvgIpc) is 2.73. The highest BCUT2D eigenvalue weighted by atomic mass is 16.5. The van der Waals surface area contributed by atoms with E-state index < -0.39 is 5.60 Å². The molecule has 30 heavy (non-hydrogen) atoms. The topological polar surface area (TPSA) is 74.7 Å². The maximum absolute atomic E-state index is 13.1. The van der Waals surface area contributed by atoms with Gasteiger partial charge in [-0.25, -0.2) is 4.98 Å².